The van der Waals surface area contributed by atoms with Crippen LogP contribution in [0.4, 0.5) is 0 Å². The molecule has 148 valence electrons. The number of aromatic nitrogens is 2. The summed E-state index contributed by atoms with van der Waals surface area (Å²) in [5.74, 6) is 1.51. The SMILES string of the molecule is CC(C)CN1CCO[C@H](CSc2nc3sc4c(c3c(=O)n2C)CCCC4)C1. The van der Waals surface area contributed by atoms with Gasteiger partial charge in [0, 0.05) is 37.3 Å². The fourth-order valence-corrected chi connectivity index (χ4v) is 6.41. The van der Waals surface area contributed by atoms with Gasteiger partial charge >= 0.3 is 0 Å². The Labute approximate surface area is 169 Å². The molecule has 0 unspecified atom stereocenters. The molecular weight excluding hydrogens is 378 g/mol. The van der Waals surface area contributed by atoms with E-state index in [9.17, 15) is 4.79 Å². The molecule has 0 saturated carbocycles. The number of aryl methyl sites for hydroxylation is 2. The summed E-state index contributed by atoms with van der Waals surface area (Å²) in [4.78, 5) is 22.6. The van der Waals surface area contributed by atoms with E-state index in [1.165, 1.54) is 23.3 Å². The second-order valence-corrected chi connectivity index (χ2v) is 10.2. The van der Waals surface area contributed by atoms with Crippen molar-refractivity contribution < 1.29 is 4.74 Å². The Balaban J connectivity index is 1.51. The third kappa shape index (κ3) is 4.11. The molecule has 27 heavy (non-hydrogen) atoms. The van der Waals surface area contributed by atoms with Crippen LogP contribution in [0.1, 0.15) is 37.1 Å². The van der Waals surface area contributed by atoms with Gasteiger partial charge in [0.2, 0.25) is 0 Å². The minimum Gasteiger partial charge on any atom is -0.375 e. The molecule has 2 aromatic heterocycles. The van der Waals surface area contributed by atoms with Gasteiger partial charge in [0.05, 0.1) is 18.1 Å². The number of ether oxygens (including phenoxy) is 1. The van der Waals surface area contributed by atoms with Gasteiger partial charge in [-0.3, -0.25) is 14.3 Å². The molecule has 2 aliphatic rings. The quantitative estimate of drug-likeness (QED) is 0.562. The zero-order valence-corrected chi connectivity index (χ0v) is 18.1. The second-order valence-electron chi connectivity index (χ2n) is 8.11. The lowest BCUT2D eigenvalue weighted by atomic mass is 9.97. The van der Waals surface area contributed by atoms with Gasteiger partial charge in [-0.2, -0.15) is 0 Å². The lowest BCUT2D eigenvalue weighted by molar-refractivity contribution is -0.0191. The molecule has 0 spiro atoms. The minimum absolute atomic E-state index is 0.118. The van der Waals surface area contributed by atoms with Crippen molar-refractivity contribution in [3.05, 3.63) is 20.8 Å². The van der Waals surface area contributed by atoms with Gasteiger partial charge in [0.25, 0.3) is 5.56 Å². The maximum absolute atomic E-state index is 13.0. The molecular formula is C20H29N3O2S2. The van der Waals surface area contributed by atoms with Crippen molar-refractivity contribution in [2.24, 2.45) is 13.0 Å². The van der Waals surface area contributed by atoms with Crippen molar-refractivity contribution in [3.8, 4) is 0 Å². The summed E-state index contributed by atoms with van der Waals surface area (Å²) >= 11 is 3.38. The Hall–Kier alpha value is -0.890. The summed E-state index contributed by atoms with van der Waals surface area (Å²) in [6.45, 7) is 8.41. The molecule has 0 N–H and O–H groups in total. The summed E-state index contributed by atoms with van der Waals surface area (Å²) in [6.07, 6.45) is 4.74. The second kappa shape index (κ2) is 8.23. The first-order valence-corrected chi connectivity index (χ1v) is 11.8. The zero-order chi connectivity index (χ0) is 19.0. The highest BCUT2D eigenvalue weighted by atomic mass is 32.2. The fraction of sp³-hybridized carbons (Fsp3) is 0.700. The van der Waals surface area contributed by atoms with Crippen LogP contribution in [0.15, 0.2) is 9.95 Å². The van der Waals surface area contributed by atoms with Gasteiger partial charge in [-0.25, -0.2) is 4.98 Å². The van der Waals surface area contributed by atoms with Crippen LogP contribution >= 0.6 is 23.1 Å². The number of hydrogen-bond acceptors (Lipinski definition) is 6. The molecule has 1 atom stereocenters. The van der Waals surface area contributed by atoms with Crippen molar-refractivity contribution in [1.29, 1.82) is 0 Å². The number of thiophene rings is 1. The van der Waals surface area contributed by atoms with Gasteiger partial charge in [-0.05, 0) is 37.2 Å². The number of nitrogens with zero attached hydrogens (tertiary/aromatic N) is 3. The van der Waals surface area contributed by atoms with Crippen LogP contribution in [0.5, 0.6) is 0 Å². The van der Waals surface area contributed by atoms with Gasteiger partial charge in [-0.15, -0.1) is 11.3 Å². The number of rotatable bonds is 5. The number of fused-ring (bicyclic) bond motifs is 3. The van der Waals surface area contributed by atoms with Crippen molar-refractivity contribution in [3.63, 3.8) is 0 Å². The normalized spacial score (nSPS) is 21.1. The number of thioether (sulfide) groups is 1. The Kier molecular flexibility index (Phi) is 5.92. The highest BCUT2D eigenvalue weighted by Crippen LogP contribution is 2.34. The van der Waals surface area contributed by atoms with E-state index in [1.54, 1.807) is 27.7 Å². The first kappa shape index (κ1) is 19.4. The van der Waals surface area contributed by atoms with Crippen LogP contribution in [0, 0.1) is 5.92 Å². The molecule has 4 rings (SSSR count). The van der Waals surface area contributed by atoms with Crippen molar-refractivity contribution in [2.75, 3.05) is 32.0 Å². The molecule has 7 heteroatoms. The largest absolute Gasteiger partial charge is 0.375 e. The Morgan fingerprint density at radius 1 is 1.33 bits per heavy atom. The van der Waals surface area contributed by atoms with E-state index in [0.29, 0.717) is 5.92 Å². The highest BCUT2D eigenvalue weighted by molar-refractivity contribution is 7.99. The molecule has 0 bridgehead atoms. The third-order valence-electron chi connectivity index (χ3n) is 5.40. The molecule has 1 saturated heterocycles. The van der Waals surface area contributed by atoms with Crippen LogP contribution in [0.2, 0.25) is 0 Å². The lowest BCUT2D eigenvalue weighted by Gasteiger charge is -2.33. The molecule has 1 aliphatic carbocycles. The third-order valence-corrected chi connectivity index (χ3v) is 7.75. The fourth-order valence-electron chi connectivity index (χ4n) is 4.13. The summed E-state index contributed by atoms with van der Waals surface area (Å²) in [5, 5.41) is 1.69. The average molecular weight is 408 g/mol. The number of morpholine rings is 1. The first-order valence-electron chi connectivity index (χ1n) is 10.0. The first-order chi connectivity index (χ1) is 13.0. The predicted molar refractivity (Wildman–Crippen MR) is 113 cm³/mol. The lowest BCUT2D eigenvalue weighted by Crippen LogP contribution is -2.44. The maximum Gasteiger partial charge on any atom is 0.262 e. The molecule has 2 aromatic rings. The van der Waals surface area contributed by atoms with E-state index < -0.39 is 0 Å². The van der Waals surface area contributed by atoms with Gasteiger partial charge in [0.15, 0.2) is 5.16 Å². The Bertz CT molecular complexity index is 874. The van der Waals surface area contributed by atoms with Crippen molar-refractivity contribution in [1.82, 2.24) is 14.5 Å². The monoisotopic (exact) mass is 407 g/mol. The van der Waals surface area contributed by atoms with E-state index in [-0.39, 0.29) is 11.7 Å². The van der Waals surface area contributed by atoms with E-state index in [1.807, 2.05) is 7.05 Å². The van der Waals surface area contributed by atoms with Crippen LogP contribution in [-0.2, 0) is 24.6 Å². The van der Waals surface area contributed by atoms with Gasteiger partial charge < -0.3 is 4.74 Å². The molecule has 0 radical (unpaired) electrons. The Morgan fingerprint density at radius 2 is 2.15 bits per heavy atom. The highest BCUT2D eigenvalue weighted by Gasteiger charge is 2.24. The molecule has 5 nitrogen and oxygen atoms in total. The van der Waals surface area contributed by atoms with E-state index in [4.69, 9.17) is 9.72 Å². The van der Waals surface area contributed by atoms with E-state index in [0.717, 1.165) is 60.2 Å². The smallest absolute Gasteiger partial charge is 0.262 e. The zero-order valence-electron chi connectivity index (χ0n) is 16.5. The molecule has 3 heterocycles. The predicted octanol–water partition coefficient (Wildman–Crippen LogP) is 3.32. The summed E-state index contributed by atoms with van der Waals surface area (Å²) in [6, 6.07) is 0. The van der Waals surface area contributed by atoms with Crippen LogP contribution < -0.4 is 5.56 Å². The van der Waals surface area contributed by atoms with E-state index in [2.05, 4.69) is 18.7 Å². The van der Waals surface area contributed by atoms with Crippen molar-refractivity contribution >= 4 is 33.3 Å². The minimum atomic E-state index is 0.118. The maximum atomic E-state index is 13.0. The summed E-state index contributed by atoms with van der Waals surface area (Å²) < 4.78 is 7.70. The topological polar surface area (TPSA) is 47.4 Å². The molecule has 1 fully saturated rings. The summed E-state index contributed by atoms with van der Waals surface area (Å²) in [7, 11) is 1.86. The van der Waals surface area contributed by atoms with Gasteiger partial charge in [-0.1, -0.05) is 25.6 Å². The van der Waals surface area contributed by atoms with Gasteiger partial charge in [0.1, 0.15) is 4.83 Å². The van der Waals surface area contributed by atoms with E-state index >= 15 is 0 Å². The standard InChI is InChI=1S/C20H29N3O2S2/c1-13(2)10-23-8-9-25-14(11-23)12-26-20-21-18-17(19(24)22(20)3)15-6-4-5-7-16(15)27-18/h13-14H,4-12H2,1-3H3/t14-/m0/s1. The van der Waals surface area contributed by atoms with Crippen LogP contribution in [0.25, 0.3) is 10.2 Å². The average Bonchev–Trinajstić information content (AvgIpc) is 3.01. The molecule has 0 aromatic carbocycles. The Morgan fingerprint density at radius 3 is 2.96 bits per heavy atom. The van der Waals surface area contributed by atoms with Crippen LogP contribution in [-0.4, -0.2) is 52.5 Å². The van der Waals surface area contributed by atoms with Crippen molar-refractivity contribution in [2.45, 2.75) is 50.8 Å². The molecule has 1 aliphatic heterocycles. The summed E-state index contributed by atoms with van der Waals surface area (Å²) in [5.41, 5.74) is 1.39. The van der Waals surface area contributed by atoms with Crippen LogP contribution in [0.3, 0.4) is 0 Å². The number of hydrogen-bond donors (Lipinski definition) is 0. The molecule has 0 amide bonds.